The SMILES string of the molecule is CCOC(=O)C(C)(C)CN1CC2CN(CC3=C(C(=O)O)C(c4cccc(F)c4C)N=C(c4nccs4)N3)CCN2/C1=C\C#N. The summed E-state index contributed by atoms with van der Waals surface area (Å²) in [6, 6.07) is 5.88. The molecule has 2 fully saturated rings. The molecule has 2 aromatic rings. The zero-order valence-electron chi connectivity index (χ0n) is 25.2. The van der Waals surface area contributed by atoms with Crippen molar-refractivity contribution in [1.29, 1.82) is 5.26 Å². The molecule has 1 aromatic heterocycles. The molecule has 0 amide bonds. The van der Waals surface area contributed by atoms with Crippen molar-refractivity contribution >= 4 is 29.1 Å². The standard InChI is InChI=1S/C31H36FN7O4S/c1-5-43-30(42)31(3,4)18-38-16-20-15-37(12-13-39(20)24(38)9-10-33)17-23-25(29(40)41)26(21-7-6-8-22(32)19(21)2)36-27(35-23)28-34-11-14-44-28/h6-9,11,14,20,26H,5,12-13,15-18H2,1-4H3,(H,35,36)(H,40,41)/b24-9-. The van der Waals surface area contributed by atoms with Gasteiger partial charge in [-0.3, -0.25) is 14.7 Å². The van der Waals surface area contributed by atoms with E-state index >= 15 is 0 Å². The number of allylic oxidation sites excluding steroid dienone is 1. The molecule has 3 aliphatic rings. The van der Waals surface area contributed by atoms with E-state index in [0.717, 1.165) is 5.82 Å². The predicted molar refractivity (Wildman–Crippen MR) is 163 cm³/mol. The van der Waals surface area contributed by atoms with Gasteiger partial charge in [0.2, 0.25) is 0 Å². The van der Waals surface area contributed by atoms with E-state index in [0.29, 0.717) is 73.5 Å². The summed E-state index contributed by atoms with van der Waals surface area (Å²) in [5.74, 6) is -0.628. The molecule has 0 saturated carbocycles. The molecule has 3 aliphatic heterocycles. The highest BCUT2D eigenvalue weighted by Crippen LogP contribution is 2.36. The largest absolute Gasteiger partial charge is 0.478 e. The van der Waals surface area contributed by atoms with Crippen LogP contribution in [0.25, 0.3) is 0 Å². The Balaban J connectivity index is 1.42. The molecule has 2 atom stereocenters. The number of carbonyl (C=O) groups is 2. The summed E-state index contributed by atoms with van der Waals surface area (Å²) in [6.45, 7) is 10.5. The lowest BCUT2D eigenvalue weighted by molar-refractivity contribution is -0.154. The topological polar surface area (TPSA) is 134 Å². The van der Waals surface area contributed by atoms with Crippen LogP contribution < -0.4 is 5.32 Å². The van der Waals surface area contributed by atoms with Crippen molar-refractivity contribution in [3.05, 3.63) is 74.9 Å². The molecule has 2 unspecified atom stereocenters. The number of ether oxygens (including phenoxy) is 1. The molecule has 13 heteroatoms. The highest BCUT2D eigenvalue weighted by atomic mass is 32.1. The zero-order valence-corrected chi connectivity index (χ0v) is 26.0. The molecule has 2 N–H and O–H groups in total. The van der Waals surface area contributed by atoms with Gasteiger partial charge in [0.05, 0.1) is 35.8 Å². The average Bonchev–Trinajstić information content (AvgIpc) is 3.63. The summed E-state index contributed by atoms with van der Waals surface area (Å²) in [4.78, 5) is 40.9. The van der Waals surface area contributed by atoms with Crippen molar-refractivity contribution < 1.29 is 23.8 Å². The Morgan fingerprint density at radius 1 is 1.32 bits per heavy atom. The first-order chi connectivity index (χ1) is 21.0. The molecule has 1 aromatic carbocycles. The number of amidine groups is 1. The number of piperazine rings is 1. The fraction of sp³-hybridized carbons (Fsp3) is 0.452. The smallest absolute Gasteiger partial charge is 0.335 e. The number of esters is 1. The van der Waals surface area contributed by atoms with Gasteiger partial charge >= 0.3 is 11.9 Å². The van der Waals surface area contributed by atoms with E-state index in [4.69, 9.17) is 9.73 Å². The minimum Gasteiger partial charge on any atom is -0.478 e. The molecule has 5 rings (SSSR count). The van der Waals surface area contributed by atoms with Crippen LogP contribution in [0.4, 0.5) is 4.39 Å². The van der Waals surface area contributed by atoms with E-state index in [2.05, 4.69) is 31.1 Å². The molecule has 2 saturated heterocycles. The lowest BCUT2D eigenvalue weighted by Crippen LogP contribution is -2.52. The van der Waals surface area contributed by atoms with E-state index in [1.165, 1.54) is 23.5 Å². The molecule has 4 heterocycles. The van der Waals surface area contributed by atoms with Crippen LogP contribution in [0.15, 0.2) is 57.9 Å². The molecule has 0 aliphatic carbocycles. The number of carboxylic acids is 1. The average molecular weight is 622 g/mol. The molecule has 11 nitrogen and oxygen atoms in total. The number of rotatable bonds is 9. The maximum atomic E-state index is 14.6. The summed E-state index contributed by atoms with van der Waals surface area (Å²) >= 11 is 1.38. The first-order valence-corrected chi connectivity index (χ1v) is 15.4. The van der Waals surface area contributed by atoms with Gasteiger partial charge in [-0.1, -0.05) is 12.1 Å². The lowest BCUT2D eigenvalue weighted by atomic mass is 9.92. The minimum absolute atomic E-state index is 0.0205. The van der Waals surface area contributed by atoms with Crippen LogP contribution in [0, 0.1) is 29.5 Å². The monoisotopic (exact) mass is 621 g/mol. The Bertz CT molecular complexity index is 1560. The second-order valence-electron chi connectivity index (χ2n) is 11.7. The Hall–Kier alpha value is -4.28. The highest BCUT2D eigenvalue weighted by molar-refractivity contribution is 7.11. The van der Waals surface area contributed by atoms with Crippen LogP contribution in [-0.2, 0) is 14.3 Å². The van der Waals surface area contributed by atoms with Gasteiger partial charge < -0.3 is 25.0 Å². The fourth-order valence-electron chi connectivity index (χ4n) is 6.09. The van der Waals surface area contributed by atoms with Crippen LogP contribution in [0.5, 0.6) is 0 Å². The van der Waals surface area contributed by atoms with Gasteiger partial charge in [-0.25, -0.2) is 14.2 Å². The fourth-order valence-corrected chi connectivity index (χ4v) is 6.67. The summed E-state index contributed by atoms with van der Waals surface area (Å²) in [7, 11) is 0. The van der Waals surface area contributed by atoms with Crippen LogP contribution in [0.3, 0.4) is 0 Å². The van der Waals surface area contributed by atoms with E-state index in [1.807, 2.05) is 19.2 Å². The summed E-state index contributed by atoms with van der Waals surface area (Å²) in [5, 5.41) is 25.7. The van der Waals surface area contributed by atoms with Crippen LogP contribution in [0.2, 0.25) is 0 Å². The van der Waals surface area contributed by atoms with E-state index in [1.54, 1.807) is 32.2 Å². The first kappa shape index (κ1) is 31.2. The number of halogens is 1. The number of hydrogen-bond acceptors (Lipinski definition) is 11. The maximum absolute atomic E-state index is 14.6. The number of nitrogens with zero attached hydrogens (tertiary/aromatic N) is 6. The van der Waals surface area contributed by atoms with Crippen molar-refractivity contribution in [2.45, 2.75) is 39.8 Å². The Labute approximate surface area is 259 Å². The number of aliphatic carboxylic acids is 1. The van der Waals surface area contributed by atoms with Crippen molar-refractivity contribution in [3.63, 3.8) is 0 Å². The summed E-state index contributed by atoms with van der Waals surface area (Å²) in [5.41, 5.74) is 0.604. The third-order valence-corrected chi connectivity index (χ3v) is 8.98. The number of carboxylic acid groups (broad SMARTS) is 1. The van der Waals surface area contributed by atoms with Crippen LogP contribution >= 0.6 is 11.3 Å². The molecule has 0 radical (unpaired) electrons. The quantitative estimate of drug-likeness (QED) is 0.317. The number of benzene rings is 1. The minimum atomic E-state index is -1.13. The molecule has 44 heavy (non-hydrogen) atoms. The van der Waals surface area contributed by atoms with Gasteiger partial charge in [-0.15, -0.1) is 11.3 Å². The maximum Gasteiger partial charge on any atom is 0.335 e. The summed E-state index contributed by atoms with van der Waals surface area (Å²) in [6.07, 6.45) is 3.18. The molecular formula is C31H36FN7O4S. The second kappa shape index (κ2) is 12.8. The second-order valence-corrected chi connectivity index (χ2v) is 12.6. The van der Waals surface area contributed by atoms with Gasteiger partial charge in [0.25, 0.3) is 0 Å². The summed E-state index contributed by atoms with van der Waals surface area (Å²) < 4.78 is 19.9. The normalized spacial score (nSPS) is 21.5. The number of hydrogen-bond donors (Lipinski definition) is 2. The zero-order chi connectivity index (χ0) is 31.6. The van der Waals surface area contributed by atoms with Crippen molar-refractivity contribution in [1.82, 2.24) is 25.0 Å². The van der Waals surface area contributed by atoms with Crippen molar-refractivity contribution in [3.8, 4) is 6.07 Å². The van der Waals surface area contributed by atoms with Gasteiger partial charge in [0, 0.05) is 56.5 Å². The number of fused-ring (bicyclic) bond motifs is 1. The molecule has 232 valence electrons. The van der Waals surface area contributed by atoms with E-state index in [-0.39, 0.29) is 17.6 Å². The predicted octanol–water partition coefficient (Wildman–Crippen LogP) is 3.28. The van der Waals surface area contributed by atoms with Crippen molar-refractivity contribution in [2.24, 2.45) is 10.4 Å². The number of nitrogens with one attached hydrogen (secondary N) is 1. The van der Waals surface area contributed by atoms with E-state index in [9.17, 15) is 24.3 Å². The Morgan fingerprint density at radius 3 is 2.80 bits per heavy atom. The lowest BCUT2D eigenvalue weighted by Gasteiger charge is -2.39. The molecule has 0 bridgehead atoms. The Morgan fingerprint density at radius 2 is 2.11 bits per heavy atom. The van der Waals surface area contributed by atoms with Crippen LogP contribution in [0.1, 0.15) is 42.9 Å². The van der Waals surface area contributed by atoms with Gasteiger partial charge in [0.1, 0.15) is 17.7 Å². The third-order valence-electron chi connectivity index (χ3n) is 8.20. The molecular weight excluding hydrogens is 585 g/mol. The molecule has 0 spiro atoms. The number of thiazole rings is 1. The van der Waals surface area contributed by atoms with E-state index < -0.39 is 23.2 Å². The van der Waals surface area contributed by atoms with Gasteiger partial charge in [0.15, 0.2) is 10.8 Å². The number of aliphatic imine (C=N–C) groups is 1. The van der Waals surface area contributed by atoms with Gasteiger partial charge in [-0.05, 0) is 44.9 Å². The number of nitriles is 1. The Kier molecular flexibility index (Phi) is 9.03. The van der Waals surface area contributed by atoms with Crippen LogP contribution in [-0.4, -0.2) is 94.5 Å². The first-order valence-electron chi connectivity index (χ1n) is 14.5. The highest BCUT2D eigenvalue weighted by Gasteiger charge is 2.42. The van der Waals surface area contributed by atoms with Gasteiger partial charge in [-0.2, -0.15) is 5.26 Å². The number of aromatic nitrogens is 1. The third kappa shape index (κ3) is 6.18. The van der Waals surface area contributed by atoms with Crippen molar-refractivity contribution in [2.75, 3.05) is 45.9 Å². The number of carbonyl (C=O) groups excluding carboxylic acids is 1.